The summed E-state index contributed by atoms with van der Waals surface area (Å²) in [5, 5.41) is 8.80. The van der Waals surface area contributed by atoms with Gasteiger partial charge in [0.2, 0.25) is 5.91 Å². The zero-order valence-corrected chi connectivity index (χ0v) is 15.0. The van der Waals surface area contributed by atoms with Gasteiger partial charge in [0.1, 0.15) is 17.4 Å². The van der Waals surface area contributed by atoms with Gasteiger partial charge < -0.3 is 20.3 Å². The Morgan fingerprint density at radius 3 is 2.81 bits per heavy atom. The van der Waals surface area contributed by atoms with Crippen LogP contribution in [-0.2, 0) is 16.1 Å². The number of carboxylic acid groups (broad SMARTS) is 1. The SMILES string of the molecule is Cc1nc2cnccc2n1CC1CCN(C(=O)CC[C@H](N)C(=O)O)CC1. The molecule has 1 saturated heterocycles. The predicted molar refractivity (Wildman–Crippen MR) is 96.4 cm³/mol. The Morgan fingerprint density at radius 1 is 1.38 bits per heavy atom. The molecule has 2 aromatic rings. The van der Waals surface area contributed by atoms with Gasteiger partial charge >= 0.3 is 5.97 Å². The monoisotopic (exact) mass is 359 g/mol. The first kappa shape index (κ1) is 18.3. The van der Waals surface area contributed by atoms with Crippen molar-refractivity contribution in [2.75, 3.05) is 13.1 Å². The molecule has 1 aliphatic rings. The number of hydrogen-bond donors (Lipinski definition) is 2. The van der Waals surface area contributed by atoms with Crippen molar-refractivity contribution < 1.29 is 14.7 Å². The molecule has 26 heavy (non-hydrogen) atoms. The lowest BCUT2D eigenvalue weighted by molar-refractivity contribution is -0.139. The van der Waals surface area contributed by atoms with Crippen LogP contribution in [0.4, 0.5) is 0 Å². The molecule has 0 unspecified atom stereocenters. The topological polar surface area (TPSA) is 114 Å². The average molecular weight is 359 g/mol. The third-order valence-corrected chi connectivity index (χ3v) is 5.14. The third kappa shape index (κ3) is 4.01. The maximum absolute atomic E-state index is 12.2. The zero-order valence-electron chi connectivity index (χ0n) is 15.0. The van der Waals surface area contributed by atoms with E-state index in [1.165, 1.54) is 0 Å². The van der Waals surface area contributed by atoms with E-state index in [0.29, 0.717) is 19.0 Å². The van der Waals surface area contributed by atoms with Crippen LogP contribution in [0.2, 0.25) is 0 Å². The number of aryl methyl sites for hydroxylation is 1. The van der Waals surface area contributed by atoms with E-state index in [2.05, 4.69) is 14.5 Å². The number of pyridine rings is 1. The first-order valence-electron chi connectivity index (χ1n) is 8.98. The smallest absolute Gasteiger partial charge is 0.320 e. The highest BCUT2D eigenvalue weighted by Gasteiger charge is 2.24. The Balaban J connectivity index is 1.53. The Hall–Kier alpha value is -2.48. The molecular weight excluding hydrogens is 334 g/mol. The first-order chi connectivity index (χ1) is 12.5. The van der Waals surface area contributed by atoms with Crippen molar-refractivity contribution in [3.8, 4) is 0 Å². The summed E-state index contributed by atoms with van der Waals surface area (Å²) in [6.07, 6.45) is 5.80. The number of carbonyl (C=O) groups excluding carboxylic acids is 1. The second-order valence-corrected chi connectivity index (χ2v) is 6.94. The van der Waals surface area contributed by atoms with Crippen LogP contribution in [0.15, 0.2) is 18.5 Å². The quantitative estimate of drug-likeness (QED) is 0.800. The molecule has 1 atom stereocenters. The molecular formula is C18H25N5O3. The number of nitrogens with zero attached hydrogens (tertiary/aromatic N) is 4. The second kappa shape index (κ2) is 7.82. The summed E-state index contributed by atoms with van der Waals surface area (Å²) < 4.78 is 2.23. The molecule has 0 radical (unpaired) electrons. The molecule has 140 valence electrons. The molecule has 0 saturated carbocycles. The van der Waals surface area contributed by atoms with E-state index in [4.69, 9.17) is 10.8 Å². The Bertz CT molecular complexity index is 795. The van der Waals surface area contributed by atoms with Crippen molar-refractivity contribution in [2.45, 2.75) is 45.2 Å². The van der Waals surface area contributed by atoms with E-state index in [-0.39, 0.29) is 18.7 Å². The molecule has 1 amide bonds. The van der Waals surface area contributed by atoms with Crippen molar-refractivity contribution in [3.63, 3.8) is 0 Å². The van der Waals surface area contributed by atoms with Crippen LogP contribution >= 0.6 is 0 Å². The molecule has 3 heterocycles. The Morgan fingerprint density at radius 2 is 2.12 bits per heavy atom. The average Bonchev–Trinajstić information content (AvgIpc) is 2.95. The van der Waals surface area contributed by atoms with E-state index in [1.807, 2.05) is 17.9 Å². The summed E-state index contributed by atoms with van der Waals surface area (Å²) in [7, 11) is 0. The van der Waals surface area contributed by atoms with Crippen LogP contribution in [-0.4, -0.2) is 55.5 Å². The molecule has 8 heteroatoms. The van der Waals surface area contributed by atoms with Gasteiger partial charge in [0.25, 0.3) is 0 Å². The van der Waals surface area contributed by atoms with Crippen molar-refractivity contribution in [2.24, 2.45) is 11.7 Å². The third-order valence-electron chi connectivity index (χ3n) is 5.14. The number of piperidine rings is 1. The number of aromatic nitrogens is 3. The summed E-state index contributed by atoms with van der Waals surface area (Å²) in [5.41, 5.74) is 7.47. The summed E-state index contributed by atoms with van der Waals surface area (Å²) in [6, 6.07) is 1.02. The maximum Gasteiger partial charge on any atom is 0.320 e. The first-order valence-corrected chi connectivity index (χ1v) is 8.98. The second-order valence-electron chi connectivity index (χ2n) is 6.94. The van der Waals surface area contributed by atoms with Crippen LogP contribution < -0.4 is 5.73 Å². The molecule has 2 aromatic heterocycles. The van der Waals surface area contributed by atoms with Crippen molar-refractivity contribution >= 4 is 22.9 Å². The number of imidazole rings is 1. The molecule has 0 aliphatic carbocycles. The predicted octanol–water partition coefficient (Wildman–Crippen LogP) is 1.17. The number of hydrogen-bond acceptors (Lipinski definition) is 5. The number of aliphatic carboxylic acids is 1. The number of fused-ring (bicyclic) bond motifs is 1. The zero-order chi connectivity index (χ0) is 18.7. The Kier molecular flexibility index (Phi) is 5.51. The largest absolute Gasteiger partial charge is 0.480 e. The fourth-order valence-corrected chi connectivity index (χ4v) is 3.52. The van der Waals surface area contributed by atoms with Crippen LogP contribution in [0.1, 0.15) is 31.5 Å². The van der Waals surface area contributed by atoms with Crippen molar-refractivity contribution in [3.05, 3.63) is 24.3 Å². The molecule has 8 nitrogen and oxygen atoms in total. The van der Waals surface area contributed by atoms with Gasteiger partial charge in [0.15, 0.2) is 0 Å². The highest BCUT2D eigenvalue weighted by Crippen LogP contribution is 2.23. The lowest BCUT2D eigenvalue weighted by atomic mass is 9.96. The fourth-order valence-electron chi connectivity index (χ4n) is 3.52. The summed E-state index contributed by atoms with van der Waals surface area (Å²) in [6.45, 7) is 4.31. The number of likely N-dealkylation sites (tertiary alicyclic amines) is 1. The highest BCUT2D eigenvalue weighted by molar-refractivity contribution is 5.78. The molecule has 1 aliphatic heterocycles. The number of carbonyl (C=O) groups is 2. The number of nitrogens with two attached hydrogens (primary N) is 1. The van der Waals surface area contributed by atoms with Gasteiger partial charge in [0, 0.05) is 32.3 Å². The van der Waals surface area contributed by atoms with Crippen LogP contribution in [0.5, 0.6) is 0 Å². The van der Waals surface area contributed by atoms with Gasteiger partial charge in [-0.15, -0.1) is 0 Å². The number of carboxylic acids is 1. The molecule has 0 bridgehead atoms. The van der Waals surface area contributed by atoms with Crippen LogP contribution in [0.25, 0.3) is 11.0 Å². The minimum atomic E-state index is -1.06. The normalized spacial score (nSPS) is 16.8. The number of rotatable bonds is 6. The number of amides is 1. The van der Waals surface area contributed by atoms with Gasteiger partial charge in [-0.3, -0.25) is 14.6 Å². The summed E-state index contributed by atoms with van der Waals surface area (Å²) in [4.78, 5) is 33.5. The van der Waals surface area contributed by atoms with Crippen molar-refractivity contribution in [1.29, 1.82) is 0 Å². The van der Waals surface area contributed by atoms with Crippen molar-refractivity contribution in [1.82, 2.24) is 19.4 Å². The van der Waals surface area contributed by atoms with Crippen LogP contribution in [0, 0.1) is 12.8 Å². The summed E-state index contributed by atoms with van der Waals surface area (Å²) >= 11 is 0. The fraction of sp³-hybridized carbons (Fsp3) is 0.556. The Labute approximate surface area is 152 Å². The highest BCUT2D eigenvalue weighted by atomic mass is 16.4. The lowest BCUT2D eigenvalue weighted by Crippen LogP contribution is -2.40. The van der Waals surface area contributed by atoms with Gasteiger partial charge in [-0.25, -0.2) is 4.98 Å². The van der Waals surface area contributed by atoms with Gasteiger partial charge in [-0.2, -0.15) is 0 Å². The van der Waals surface area contributed by atoms with Gasteiger partial charge in [-0.1, -0.05) is 0 Å². The van der Waals surface area contributed by atoms with E-state index < -0.39 is 12.0 Å². The molecule has 0 spiro atoms. The van der Waals surface area contributed by atoms with E-state index in [1.54, 1.807) is 12.4 Å². The van der Waals surface area contributed by atoms with E-state index in [9.17, 15) is 9.59 Å². The van der Waals surface area contributed by atoms with Crippen LogP contribution in [0.3, 0.4) is 0 Å². The summed E-state index contributed by atoms with van der Waals surface area (Å²) in [5.74, 6) is 0.406. The molecule has 3 rings (SSSR count). The standard InChI is InChI=1S/C18H25N5O3/c1-12-21-15-10-20-7-4-16(15)23(12)11-13-5-8-22(9-6-13)17(24)3-2-14(19)18(25)26/h4,7,10,13-14H,2-3,5-6,8-9,11,19H2,1H3,(H,25,26)/t14-/m0/s1. The van der Waals surface area contributed by atoms with E-state index in [0.717, 1.165) is 36.2 Å². The minimum absolute atomic E-state index is 0.00418. The molecule has 0 aromatic carbocycles. The van der Waals surface area contributed by atoms with Gasteiger partial charge in [0.05, 0.1) is 11.7 Å². The van der Waals surface area contributed by atoms with E-state index >= 15 is 0 Å². The maximum atomic E-state index is 12.2. The lowest BCUT2D eigenvalue weighted by Gasteiger charge is -2.32. The molecule has 1 fully saturated rings. The minimum Gasteiger partial charge on any atom is -0.480 e. The van der Waals surface area contributed by atoms with Gasteiger partial charge in [-0.05, 0) is 38.2 Å². The molecule has 3 N–H and O–H groups in total.